The maximum absolute atomic E-state index is 4.33. The van der Waals surface area contributed by atoms with Crippen molar-refractivity contribution in [2.24, 2.45) is 5.92 Å². The minimum absolute atomic E-state index is 0.627. The molecule has 0 radical (unpaired) electrons. The molecule has 0 spiro atoms. The summed E-state index contributed by atoms with van der Waals surface area (Å²) in [6.07, 6.45) is 8.93. The van der Waals surface area contributed by atoms with Gasteiger partial charge < -0.3 is 5.32 Å². The van der Waals surface area contributed by atoms with Gasteiger partial charge in [0.25, 0.3) is 0 Å². The summed E-state index contributed by atoms with van der Waals surface area (Å²) in [6.45, 7) is 3.22. The molecule has 2 nitrogen and oxygen atoms in total. The van der Waals surface area contributed by atoms with E-state index in [4.69, 9.17) is 0 Å². The van der Waals surface area contributed by atoms with E-state index in [1.807, 2.05) is 12.3 Å². The fourth-order valence-corrected chi connectivity index (χ4v) is 2.57. The molecule has 0 aliphatic heterocycles. The molecule has 1 fully saturated rings. The second kappa shape index (κ2) is 6.00. The lowest BCUT2D eigenvalue weighted by molar-refractivity contribution is 0.280. The molecular weight excluding hydrogens is 196 g/mol. The van der Waals surface area contributed by atoms with E-state index in [1.165, 1.54) is 32.1 Å². The van der Waals surface area contributed by atoms with Crippen LogP contribution in [0.4, 0.5) is 0 Å². The number of aromatic nitrogens is 1. The van der Waals surface area contributed by atoms with Gasteiger partial charge in [0.2, 0.25) is 0 Å². The van der Waals surface area contributed by atoms with Crippen LogP contribution in [0.15, 0.2) is 24.4 Å². The smallest absolute Gasteiger partial charge is 0.0541 e. The standard InChI is InChI=1S/C14H22N2/c1-12(13-7-3-2-4-8-13)16-11-14-9-5-6-10-15-14/h5-6,9-10,12-13,16H,2-4,7-8,11H2,1H3/t12-/m1/s1. The van der Waals surface area contributed by atoms with Crippen molar-refractivity contribution in [3.05, 3.63) is 30.1 Å². The van der Waals surface area contributed by atoms with Crippen molar-refractivity contribution >= 4 is 0 Å². The molecule has 88 valence electrons. The fraction of sp³-hybridized carbons (Fsp3) is 0.643. The Hall–Kier alpha value is -0.890. The summed E-state index contributed by atoms with van der Waals surface area (Å²) in [5.41, 5.74) is 1.14. The average Bonchev–Trinajstić information content (AvgIpc) is 2.38. The van der Waals surface area contributed by atoms with Gasteiger partial charge in [0, 0.05) is 18.8 Å². The zero-order valence-electron chi connectivity index (χ0n) is 10.2. The van der Waals surface area contributed by atoms with Gasteiger partial charge in [0.1, 0.15) is 0 Å². The van der Waals surface area contributed by atoms with Gasteiger partial charge in [-0.15, -0.1) is 0 Å². The van der Waals surface area contributed by atoms with Crippen LogP contribution in [0.2, 0.25) is 0 Å². The molecule has 1 aromatic rings. The Kier molecular flexibility index (Phi) is 4.34. The second-order valence-corrected chi connectivity index (χ2v) is 4.89. The SMILES string of the molecule is C[C@@H](NCc1ccccn1)C1CCCCC1. The van der Waals surface area contributed by atoms with Crippen molar-refractivity contribution in [1.82, 2.24) is 10.3 Å². The summed E-state index contributed by atoms with van der Waals surface area (Å²) in [5, 5.41) is 3.61. The van der Waals surface area contributed by atoms with Crippen molar-refractivity contribution < 1.29 is 0 Å². The summed E-state index contributed by atoms with van der Waals surface area (Å²) in [7, 11) is 0. The van der Waals surface area contributed by atoms with Crippen LogP contribution in [0.5, 0.6) is 0 Å². The minimum atomic E-state index is 0.627. The molecule has 1 aromatic heterocycles. The fourth-order valence-electron chi connectivity index (χ4n) is 2.57. The third-order valence-electron chi connectivity index (χ3n) is 3.69. The predicted molar refractivity (Wildman–Crippen MR) is 67.1 cm³/mol. The highest BCUT2D eigenvalue weighted by molar-refractivity contribution is 5.03. The third-order valence-corrected chi connectivity index (χ3v) is 3.69. The van der Waals surface area contributed by atoms with E-state index >= 15 is 0 Å². The van der Waals surface area contributed by atoms with Crippen molar-refractivity contribution in [2.45, 2.75) is 51.6 Å². The van der Waals surface area contributed by atoms with Gasteiger partial charge in [0.05, 0.1) is 5.69 Å². The van der Waals surface area contributed by atoms with Crippen LogP contribution in [0.1, 0.15) is 44.7 Å². The highest BCUT2D eigenvalue weighted by atomic mass is 14.9. The van der Waals surface area contributed by atoms with Gasteiger partial charge in [-0.1, -0.05) is 25.3 Å². The largest absolute Gasteiger partial charge is 0.308 e. The molecule has 1 aliphatic rings. The molecule has 1 aliphatic carbocycles. The van der Waals surface area contributed by atoms with E-state index in [1.54, 1.807) is 0 Å². The van der Waals surface area contributed by atoms with E-state index in [2.05, 4.69) is 29.4 Å². The summed E-state index contributed by atoms with van der Waals surface area (Å²) in [5.74, 6) is 0.873. The predicted octanol–water partition coefficient (Wildman–Crippen LogP) is 3.14. The van der Waals surface area contributed by atoms with Crippen LogP contribution in [-0.2, 0) is 6.54 Å². The molecule has 0 saturated heterocycles. The van der Waals surface area contributed by atoms with Gasteiger partial charge in [-0.25, -0.2) is 0 Å². The maximum atomic E-state index is 4.33. The Bertz CT molecular complexity index is 291. The van der Waals surface area contributed by atoms with Crippen LogP contribution in [0.25, 0.3) is 0 Å². The molecule has 0 bridgehead atoms. The second-order valence-electron chi connectivity index (χ2n) is 4.89. The van der Waals surface area contributed by atoms with Crippen molar-refractivity contribution in [3.8, 4) is 0 Å². The Labute approximate surface area is 98.5 Å². The Balaban J connectivity index is 1.76. The van der Waals surface area contributed by atoms with E-state index < -0.39 is 0 Å². The normalized spacial score (nSPS) is 19.6. The highest BCUT2D eigenvalue weighted by Gasteiger charge is 2.19. The average molecular weight is 218 g/mol. The molecule has 1 N–H and O–H groups in total. The summed E-state index contributed by atoms with van der Waals surface area (Å²) in [4.78, 5) is 4.33. The molecule has 1 atom stereocenters. The van der Waals surface area contributed by atoms with Gasteiger partial charge in [-0.05, 0) is 37.8 Å². The topological polar surface area (TPSA) is 24.9 Å². The monoisotopic (exact) mass is 218 g/mol. The molecule has 2 rings (SSSR count). The molecular formula is C14H22N2. The molecule has 0 unspecified atom stereocenters. The maximum Gasteiger partial charge on any atom is 0.0541 e. The van der Waals surface area contributed by atoms with Crippen LogP contribution in [0.3, 0.4) is 0 Å². The van der Waals surface area contributed by atoms with Crippen LogP contribution in [0, 0.1) is 5.92 Å². The molecule has 16 heavy (non-hydrogen) atoms. The van der Waals surface area contributed by atoms with Gasteiger partial charge in [0.15, 0.2) is 0 Å². The summed E-state index contributed by atoms with van der Waals surface area (Å²) >= 11 is 0. The van der Waals surface area contributed by atoms with Gasteiger partial charge in [-0.3, -0.25) is 4.98 Å². The van der Waals surface area contributed by atoms with Crippen LogP contribution < -0.4 is 5.32 Å². The Morgan fingerprint density at radius 3 is 2.81 bits per heavy atom. The van der Waals surface area contributed by atoms with Crippen molar-refractivity contribution in [2.75, 3.05) is 0 Å². The quantitative estimate of drug-likeness (QED) is 0.839. The first kappa shape index (κ1) is 11.6. The van der Waals surface area contributed by atoms with E-state index in [-0.39, 0.29) is 0 Å². The number of pyridine rings is 1. The molecule has 0 aromatic carbocycles. The zero-order chi connectivity index (χ0) is 11.2. The zero-order valence-corrected chi connectivity index (χ0v) is 10.2. The first-order valence-electron chi connectivity index (χ1n) is 6.49. The van der Waals surface area contributed by atoms with Crippen LogP contribution in [-0.4, -0.2) is 11.0 Å². The molecule has 1 saturated carbocycles. The Morgan fingerprint density at radius 2 is 2.12 bits per heavy atom. The van der Waals surface area contributed by atoms with Crippen molar-refractivity contribution in [1.29, 1.82) is 0 Å². The number of nitrogens with one attached hydrogen (secondary N) is 1. The van der Waals surface area contributed by atoms with E-state index in [0.29, 0.717) is 6.04 Å². The highest BCUT2D eigenvalue weighted by Crippen LogP contribution is 2.26. The first-order chi connectivity index (χ1) is 7.86. The lowest BCUT2D eigenvalue weighted by Crippen LogP contribution is -2.34. The summed E-state index contributed by atoms with van der Waals surface area (Å²) < 4.78 is 0. The summed E-state index contributed by atoms with van der Waals surface area (Å²) in [6, 6.07) is 6.73. The van der Waals surface area contributed by atoms with E-state index in [9.17, 15) is 0 Å². The lowest BCUT2D eigenvalue weighted by Gasteiger charge is -2.28. The third kappa shape index (κ3) is 3.31. The first-order valence-corrected chi connectivity index (χ1v) is 6.49. The van der Waals surface area contributed by atoms with Crippen molar-refractivity contribution in [3.63, 3.8) is 0 Å². The molecule has 2 heteroatoms. The number of hydrogen-bond acceptors (Lipinski definition) is 2. The van der Waals surface area contributed by atoms with Gasteiger partial charge in [-0.2, -0.15) is 0 Å². The van der Waals surface area contributed by atoms with Crippen LogP contribution >= 0.6 is 0 Å². The lowest BCUT2D eigenvalue weighted by atomic mass is 9.84. The number of nitrogens with zero attached hydrogens (tertiary/aromatic N) is 1. The molecule has 1 heterocycles. The number of hydrogen-bond donors (Lipinski definition) is 1. The van der Waals surface area contributed by atoms with E-state index in [0.717, 1.165) is 18.2 Å². The number of rotatable bonds is 4. The Morgan fingerprint density at radius 1 is 1.31 bits per heavy atom. The molecule has 0 amide bonds. The minimum Gasteiger partial charge on any atom is -0.308 e. The van der Waals surface area contributed by atoms with Gasteiger partial charge >= 0.3 is 0 Å².